The van der Waals surface area contributed by atoms with Gasteiger partial charge in [0.05, 0.1) is 6.61 Å². The fourth-order valence-electron chi connectivity index (χ4n) is 1.60. The summed E-state index contributed by atoms with van der Waals surface area (Å²) in [7, 11) is 0. The van der Waals surface area contributed by atoms with Crippen LogP contribution in [0.15, 0.2) is 36.5 Å². The molecule has 0 saturated carbocycles. The Morgan fingerprint density at radius 1 is 0.950 bits per heavy atom. The Bertz CT molecular complexity index is 303. The number of rotatable bonds is 13. The summed E-state index contributed by atoms with van der Waals surface area (Å²) in [5.41, 5.74) is 0. The van der Waals surface area contributed by atoms with E-state index in [9.17, 15) is 4.79 Å². The van der Waals surface area contributed by atoms with Gasteiger partial charge in [-0.15, -0.1) is 0 Å². The predicted molar refractivity (Wildman–Crippen MR) is 83.9 cm³/mol. The molecule has 114 valence electrons. The summed E-state index contributed by atoms with van der Waals surface area (Å²) in [6, 6.07) is 0. The molecule has 0 bridgehead atoms. The van der Waals surface area contributed by atoms with E-state index in [2.05, 4.69) is 37.3 Å². The maximum absolute atomic E-state index is 10.2. The van der Waals surface area contributed by atoms with Gasteiger partial charge < -0.3 is 9.84 Å². The molecule has 0 aliphatic heterocycles. The minimum atomic E-state index is -0.917. The molecule has 20 heavy (non-hydrogen) atoms. The average Bonchev–Trinajstić information content (AvgIpc) is 2.43. The second kappa shape index (κ2) is 15.7. The van der Waals surface area contributed by atoms with Crippen LogP contribution in [-0.2, 0) is 9.53 Å². The first-order valence-corrected chi connectivity index (χ1v) is 7.52. The van der Waals surface area contributed by atoms with E-state index in [-0.39, 0.29) is 6.61 Å². The number of carboxylic acid groups (broad SMARTS) is 1. The van der Waals surface area contributed by atoms with Gasteiger partial charge in [0.25, 0.3) is 0 Å². The van der Waals surface area contributed by atoms with Crippen LogP contribution in [0.5, 0.6) is 0 Å². The zero-order valence-corrected chi connectivity index (χ0v) is 12.6. The van der Waals surface area contributed by atoms with Gasteiger partial charge in [0.2, 0.25) is 0 Å². The number of unbranched alkanes of at least 4 members (excludes halogenated alkanes) is 3. The number of carboxylic acids is 1. The molecule has 0 aromatic carbocycles. The Balaban J connectivity index is 3.32. The topological polar surface area (TPSA) is 46.5 Å². The van der Waals surface area contributed by atoms with Crippen molar-refractivity contribution < 1.29 is 14.6 Å². The SMILES string of the molecule is CCCCC/C=C/C/C=C/C/C=C/CCOCC(=O)O. The lowest BCUT2D eigenvalue weighted by Gasteiger charge is -1.95. The molecular formula is C17H28O3. The van der Waals surface area contributed by atoms with E-state index in [0.717, 1.165) is 19.3 Å². The molecule has 0 unspecified atom stereocenters. The molecule has 0 radical (unpaired) electrons. The van der Waals surface area contributed by atoms with Crippen LogP contribution in [0.3, 0.4) is 0 Å². The quantitative estimate of drug-likeness (QED) is 0.399. The standard InChI is InChI=1S/C17H28O3/c1-2-3-4-5-6-7-8-9-10-11-12-13-14-15-20-16-17(18)19/h6-7,9-10,12-13H,2-5,8,11,14-16H2,1H3,(H,18,19)/b7-6+,10-9+,13-12+. The first-order valence-electron chi connectivity index (χ1n) is 7.52. The zero-order valence-electron chi connectivity index (χ0n) is 12.6. The molecule has 0 saturated heterocycles. The summed E-state index contributed by atoms with van der Waals surface area (Å²) in [6.45, 7) is 2.48. The Kier molecular flexibility index (Phi) is 14.6. The maximum Gasteiger partial charge on any atom is 0.329 e. The number of hydrogen-bond acceptors (Lipinski definition) is 2. The maximum atomic E-state index is 10.2. The third kappa shape index (κ3) is 16.6. The summed E-state index contributed by atoms with van der Waals surface area (Å²) >= 11 is 0. The minimum Gasteiger partial charge on any atom is -0.480 e. The van der Waals surface area contributed by atoms with Crippen molar-refractivity contribution in [2.75, 3.05) is 13.2 Å². The molecule has 0 rings (SSSR count). The van der Waals surface area contributed by atoms with Gasteiger partial charge in [-0.25, -0.2) is 4.79 Å². The molecule has 0 aliphatic rings. The van der Waals surface area contributed by atoms with Gasteiger partial charge in [-0.1, -0.05) is 56.2 Å². The Morgan fingerprint density at radius 2 is 1.55 bits per heavy atom. The molecule has 0 aliphatic carbocycles. The first kappa shape index (κ1) is 18.7. The van der Waals surface area contributed by atoms with Gasteiger partial charge in [-0.2, -0.15) is 0 Å². The molecule has 1 N–H and O–H groups in total. The van der Waals surface area contributed by atoms with Crippen LogP contribution in [0.25, 0.3) is 0 Å². The normalized spacial score (nSPS) is 12.1. The van der Waals surface area contributed by atoms with Crippen LogP contribution in [-0.4, -0.2) is 24.3 Å². The summed E-state index contributed by atoms with van der Waals surface area (Å²) in [6.07, 6.45) is 20.7. The summed E-state index contributed by atoms with van der Waals surface area (Å²) < 4.78 is 4.92. The fourth-order valence-corrected chi connectivity index (χ4v) is 1.60. The van der Waals surface area contributed by atoms with E-state index < -0.39 is 5.97 Å². The van der Waals surface area contributed by atoms with Gasteiger partial charge in [0, 0.05) is 0 Å². The van der Waals surface area contributed by atoms with E-state index in [0.29, 0.717) is 6.61 Å². The van der Waals surface area contributed by atoms with Crippen molar-refractivity contribution in [3.63, 3.8) is 0 Å². The van der Waals surface area contributed by atoms with Crippen LogP contribution < -0.4 is 0 Å². The highest BCUT2D eigenvalue weighted by Crippen LogP contribution is 2.00. The van der Waals surface area contributed by atoms with Gasteiger partial charge in [-0.05, 0) is 32.1 Å². The van der Waals surface area contributed by atoms with Crippen molar-refractivity contribution in [1.82, 2.24) is 0 Å². The van der Waals surface area contributed by atoms with Crippen molar-refractivity contribution in [2.24, 2.45) is 0 Å². The molecule has 0 spiro atoms. The van der Waals surface area contributed by atoms with Crippen molar-refractivity contribution in [3.8, 4) is 0 Å². The minimum absolute atomic E-state index is 0.210. The van der Waals surface area contributed by atoms with Gasteiger partial charge in [0.15, 0.2) is 0 Å². The number of hydrogen-bond donors (Lipinski definition) is 1. The lowest BCUT2D eigenvalue weighted by atomic mass is 10.2. The highest BCUT2D eigenvalue weighted by atomic mass is 16.5. The largest absolute Gasteiger partial charge is 0.480 e. The Hall–Kier alpha value is -1.35. The lowest BCUT2D eigenvalue weighted by Crippen LogP contribution is -2.07. The first-order chi connectivity index (χ1) is 9.77. The molecule has 3 heteroatoms. The van der Waals surface area contributed by atoms with E-state index in [1.807, 2.05) is 6.08 Å². The van der Waals surface area contributed by atoms with Crippen LogP contribution in [0, 0.1) is 0 Å². The number of ether oxygens (including phenoxy) is 1. The van der Waals surface area contributed by atoms with Crippen molar-refractivity contribution in [2.45, 2.75) is 51.9 Å². The molecule has 0 fully saturated rings. The van der Waals surface area contributed by atoms with Gasteiger partial charge >= 0.3 is 5.97 Å². The Morgan fingerprint density at radius 3 is 2.15 bits per heavy atom. The molecule has 0 aromatic heterocycles. The predicted octanol–water partition coefficient (Wildman–Crippen LogP) is 4.51. The average molecular weight is 280 g/mol. The summed E-state index contributed by atoms with van der Waals surface area (Å²) in [4.78, 5) is 10.2. The smallest absolute Gasteiger partial charge is 0.329 e. The molecular weight excluding hydrogens is 252 g/mol. The zero-order chi connectivity index (χ0) is 14.9. The highest BCUT2D eigenvalue weighted by Gasteiger charge is 1.93. The fraction of sp³-hybridized carbons (Fsp3) is 0.588. The van der Waals surface area contributed by atoms with Crippen LogP contribution in [0.4, 0.5) is 0 Å². The monoisotopic (exact) mass is 280 g/mol. The lowest BCUT2D eigenvalue weighted by molar-refractivity contribution is -0.142. The van der Waals surface area contributed by atoms with E-state index in [4.69, 9.17) is 9.84 Å². The third-order valence-corrected chi connectivity index (χ3v) is 2.67. The second-order valence-corrected chi connectivity index (χ2v) is 4.62. The van der Waals surface area contributed by atoms with Crippen molar-refractivity contribution in [3.05, 3.63) is 36.5 Å². The van der Waals surface area contributed by atoms with Gasteiger partial charge in [-0.3, -0.25) is 0 Å². The van der Waals surface area contributed by atoms with Crippen molar-refractivity contribution >= 4 is 5.97 Å². The Labute approximate surface area is 123 Å². The number of aliphatic carboxylic acids is 1. The molecule has 3 nitrogen and oxygen atoms in total. The molecule has 0 heterocycles. The summed E-state index contributed by atoms with van der Waals surface area (Å²) in [5, 5.41) is 8.36. The van der Waals surface area contributed by atoms with Crippen LogP contribution >= 0.6 is 0 Å². The highest BCUT2D eigenvalue weighted by molar-refractivity contribution is 5.67. The third-order valence-electron chi connectivity index (χ3n) is 2.67. The van der Waals surface area contributed by atoms with E-state index in [1.54, 1.807) is 0 Å². The molecule has 0 amide bonds. The van der Waals surface area contributed by atoms with Crippen molar-refractivity contribution in [1.29, 1.82) is 0 Å². The summed E-state index contributed by atoms with van der Waals surface area (Å²) in [5.74, 6) is -0.917. The van der Waals surface area contributed by atoms with E-state index >= 15 is 0 Å². The second-order valence-electron chi connectivity index (χ2n) is 4.62. The van der Waals surface area contributed by atoms with Crippen LogP contribution in [0.2, 0.25) is 0 Å². The molecule has 0 aromatic rings. The van der Waals surface area contributed by atoms with Gasteiger partial charge in [0.1, 0.15) is 6.61 Å². The molecule has 0 atom stereocenters. The van der Waals surface area contributed by atoms with E-state index in [1.165, 1.54) is 25.7 Å². The number of carbonyl (C=O) groups is 1. The van der Waals surface area contributed by atoms with Crippen LogP contribution in [0.1, 0.15) is 51.9 Å². The number of allylic oxidation sites excluding steroid dienone is 5.